The molecule has 0 saturated carbocycles. The average molecular weight is 305 g/mol. The number of carbonyl (C=O) groups excluding carboxylic acids is 1. The van der Waals surface area contributed by atoms with Gasteiger partial charge in [-0.3, -0.25) is 4.79 Å². The zero-order valence-electron chi connectivity index (χ0n) is 10.9. The second kappa shape index (κ2) is 6.28. The summed E-state index contributed by atoms with van der Waals surface area (Å²) in [6.45, 7) is 0. The average Bonchev–Trinajstić information content (AvgIpc) is 2.44. The predicted molar refractivity (Wildman–Crippen MR) is 80.1 cm³/mol. The van der Waals surface area contributed by atoms with E-state index in [1.807, 2.05) is 0 Å². The quantitative estimate of drug-likeness (QED) is 0.757. The molecule has 1 atom stereocenters. The van der Waals surface area contributed by atoms with Crippen LogP contribution in [0.3, 0.4) is 0 Å². The molecule has 0 heterocycles. The van der Waals surface area contributed by atoms with Gasteiger partial charge in [-0.05, 0) is 23.8 Å². The zero-order valence-corrected chi connectivity index (χ0v) is 11.7. The minimum atomic E-state index is -1.15. The largest absolute Gasteiger partial charge is 0.479 e. The van der Waals surface area contributed by atoms with Crippen molar-refractivity contribution in [2.45, 2.75) is 6.04 Å². The third-order valence-electron chi connectivity index (χ3n) is 2.84. The highest BCUT2D eigenvalue weighted by Gasteiger charge is 2.22. The molecule has 1 amide bonds. The van der Waals surface area contributed by atoms with Gasteiger partial charge in [0.2, 0.25) is 0 Å². The van der Waals surface area contributed by atoms with Crippen molar-refractivity contribution >= 4 is 29.2 Å². The summed E-state index contributed by atoms with van der Waals surface area (Å²) in [6.07, 6.45) is 0. The Balaban J connectivity index is 2.25. The van der Waals surface area contributed by atoms with E-state index in [1.165, 1.54) is 18.2 Å². The molecule has 0 aromatic heterocycles. The first-order chi connectivity index (χ1) is 9.97. The number of rotatable bonds is 4. The normalized spacial score (nSPS) is 11.7. The molecule has 0 fully saturated rings. The van der Waals surface area contributed by atoms with Crippen LogP contribution in [-0.2, 0) is 4.79 Å². The SMILES string of the molecule is Nc1cc(Cl)cc(C(=O)N[C@@H](C(=O)O)c2ccccc2)c1. The van der Waals surface area contributed by atoms with E-state index in [-0.39, 0.29) is 5.56 Å². The summed E-state index contributed by atoms with van der Waals surface area (Å²) < 4.78 is 0. The number of carboxylic acid groups (broad SMARTS) is 1. The van der Waals surface area contributed by atoms with Crippen LogP contribution in [0.1, 0.15) is 22.0 Å². The molecule has 0 aliphatic carbocycles. The van der Waals surface area contributed by atoms with Gasteiger partial charge in [0.1, 0.15) is 0 Å². The van der Waals surface area contributed by atoms with Gasteiger partial charge in [0.15, 0.2) is 6.04 Å². The fourth-order valence-electron chi connectivity index (χ4n) is 1.89. The molecule has 0 aliphatic rings. The van der Waals surface area contributed by atoms with Crippen LogP contribution in [0.15, 0.2) is 48.5 Å². The molecule has 2 rings (SSSR count). The zero-order chi connectivity index (χ0) is 15.4. The van der Waals surface area contributed by atoms with E-state index >= 15 is 0 Å². The van der Waals surface area contributed by atoms with Crippen molar-refractivity contribution in [2.24, 2.45) is 0 Å². The number of hydrogen-bond acceptors (Lipinski definition) is 3. The molecule has 2 aromatic rings. The van der Waals surface area contributed by atoms with Gasteiger partial charge in [0, 0.05) is 16.3 Å². The lowest BCUT2D eigenvalue weighted by atomic mass is 10.1. The minimum absolute atomic E-state index is 0.210. The van der Waals surface area contributed by atoms with Gasteiger partial charge >= 0.3 is 5.97 Å². The monoisotopic (exact) mass is 304 g/mol. The van der Waals surface area contributed by atoms with Crippen LogP contribution in [0.4, 0.5) is 5.69 Å². The van der Waals surface area contributed by atoms with Crippen molar-refractivity contribution in [3.05, 3.63) is 64.7 Å². The fraction of sp³-hybridized carbons (Fsp3) is 0.0667. The minimum Gasteiger partial charge on any atom is -0.479 e. The first-order valence-corrected chi connectivity index (χ1v) is 6.50. The van der Waals surface area contributed by atoms with Crippen molar-refractivity contribution in [1.29, 1.82) is 0 Å². The molecule has 5 nitrogen and oxygen atoms in total. The van der Waals surface area contributed by atoms with Crippen molar-refractivity contribution in [3.63, 3.8) is 0 Å². The number of nitrogens with one attached hydrogen (secondary N) is 1. The number of carboxylic acids is 1. The molecular weight excluding hydrogens is 292 g/mol. The van der Waals surface area contributed by atoms with Crippen LogP contribution in [0.5, 0.6) is 0 Å². The molecule has 6 heteroatoms. The summed E-state index contributed by atoms with van der Waals surface area (Å²) in [4.78, 5) is 23.5. The molecule has 0 unspecified atom stereocenters. The predicted octanol–water partition coefficient (Wildman–Crippen LogP) is 2.48. The van der Waals surface area contributed by atoms with Crippen molar-refractivity contribution in [1.82, 2.24) is 5.32 Å². The Hall–Kier alpha value is -2.53. The van der Waals surface area contributed by atoms with E-state index < -0.39 is 17.9 Å². The van der Waals surface area contributed by atoms with Gasteiger partial charge in [-0.1, -0.05) is 41.9 Å². The lowest BCUT2D eigenvalue weighted by Crippen LogP contribution is -2.33. The molecule has 2 aromatic carbocycles. The van der Waals surface area contributed by atoms with Gasteiger partial charge in [-0.2, -0.15) is 0 Å². The summed E-state index contributed by atoms with van der Waals surface area (Å²) in [6, 6.07) is 11.7. The van der Waals surface area contributed by atoms with Crippen molar-refractivity contribution in [2.75, 3.05) is 5.73 Å². The summed E-state index contributed by atoms with van der Waals surface area (Å²) >= 11 is 5.83. The molecule has 4 N–H and O–H groups in total. The number of anilines is 1. The van der Waals surface area contributed by atoms with Gasteiger partial charge in [0.25, 0.3) is 5.91 Å². The van der Waals surface area contributed by atoms with E-state index in [9.17, 15) is 14.7 Å². The summed E-state index contributed by atoms with van der Waals surface area (Å²) in [5, 5.41) is 12.0. The standard InChI is InChI=1S/C15H13ClN2O3/c16-11-6-10(7-12(17)8-11)14(19)18-13(15(20)21)9-4-2-1-3-5-9/h1-8,13H,17H2,(H,18,19)(H,20,21)/t13-/m1/s1. The first-order valence-electron chi connectivity index (χ1n) is 6.12. The summed E-state index contributed by atoms with van der Waals surface area (Å²) in [5.74, 6) is -1.70. The number of benzene rings is 2. The van der Waals surface area contributed by atoms with E-state index in [4.69, 9.17) is 17.3 Å². The number of nitrogens with two attached hydrogens (primary N) is 1. The number of halogens is 1. The summed E-state index contributed by atoms with van der Waals surface area (Å²) in [5.41, 5.74) is 6.64. The molecule has 0 aliphatic heterocycles. The molecular formula is C15H13ClN2O3. The molecule has 108 valence electrons. The fourth-order valence-corrected chi connectivity index (χ4v) is 2.13. The second-order valence-corrected chi connectivity index (χ2v) is 4.87. The van der Waals surface area contributed by atoms with Gasteiger partial charge in [0.05, 0.1) is 0 Å². The van der Waals surface area contributed by atoms with Crippen molar-refractivity contribution < 1.29 is 14.7 Å². The lowest BCUT2D eigenvalue weighted by molar-refractivity contribution is -0.139. The molecule has 0 bridgehead atoms. The number of nitrogen functional groups attached to an aromatic ring is 1. The maximum atomic E-state index is 12.1. The summed E-state index contributed by atoms with van der Waals surface area (Å²) in [7, 11) is 0. The Bertz CT molecular complexity index is 654. The van der Waals surface area contributed by atoms with E-state index in [0.29, 0.717) is 16.3 Å². The number of carbonyl (C=O) groups is 2. The van der Waals surface area contributed by atoms with Crippen LogP contribution in [-0.4, -0.2) is 17.0 Å². The number of hydrogen-bond donors (Lipinski definition) is 3. The molecule has 0 saturated heterocycles. The van der Waals surface area contributed by atoms with E-state index in [1.54, 1.807) is 30.3 Å². The van der Waals surface area contributed by atoms with Crippen LogP contribution < -0.4 is 11.1 Å². The highest BCUT2D eigenvalue weighted by molar-refractivity contribution is 6.31. The number of aliphatic carboxylic acids is 1. The third-order valence-corrected chi connectivity index (χ3v) is 3.06. The Labute approximate surface area is 126 Å². The van der Waals surface area contributed by atoms with Gasteiger partial charge in [-0.15, -0.1) is 0 Å². The Morgan fingerprint density at radius 2 is 1.81 bits per heavy atom. The van der Waals surface area contributed by atoms with Crippen LogP contribution in [0.2, 0.25) is 5.02 Å². The van der Waals surface area contributed by atoms with Crippen LogP contribution in [0, 0.1) is 0 Å². The lowest BCUT2D eigenvalue weighted by Gasteiger charge is -2.15. The highest BCUT2D eigenvalue weighted by atomic mass is 35.5. The van der Waals surface area contributed by atoms with E-state index in [2.05, 4.69) is 5.32 Å². The topological polar surface area (TPSA) is 92.4 Å². The van der Waals surface area contributed by atoms with E-state index in [0.717, 1.165) is 0 Å². The smallest absolute Gasteiger partial charge is 0.330 e. The molecule has 0 spiro atoms. The van der Waals surface area contributed by atoms with Crippen LogP contribution >= 0.6 is 11.6 Å². The van der Waals surface area contributed by atoms with Crippen LogP contribution in [0.25, 0.3) is 0 Å². The molecule has 21 heavy (non-hydrogen) atoms. The maximum Gasteiger partial charge on any atom is 0.330 e. The Kier molecular flexibility index (Phi) is 4.45. The third kappa shape index (κ3) is 3.73. The first kappa shape index (κ1) is 14.9. The number of amides is 1. The Morgan fingerprint density at radius 3 is 2.38 bits per heavy atom. The maximum absolute atomic E-state index is 12.1. The second-order valence-electron chi connectivity index (χ2n) is 4.43. The van der Waals surface area contributed by atoms with Gasteiger partial charge in [-0.25, -0.2) is 4.79 Å². The van der Waals surface area contributed by atoms with Crippen molar-refractivity contribution in [3.8, 4) is 0 Å². The Morgan fingerprint density at radius 1 is 1.14 bits per heavy atom. The van der Waals surface area contributed by atoms with Gasteiger partial charge < -0.3 is 16.2 Å². The molecule has 0 radical (unpaired) electrons. The highest BCUT2D eigenvalue weighted by Crippen LogP contribution is 2.18.